The van der Waals surface area contributed by atoms with Crippen molar-refractivity contribution in [2.24, 2.45) is 39.9 Å². The van der Waals surface area contributed by atoms with Crippen molar-refractivity contribution in [2.45, 2.75) is 53.9 Å². The molecule has 2 rings (SSSR count). The van der Waals surface area contributed by atoms with Crippen molar-refractivity contribution in [1.82, 2.24) is 5.43 Å². The highest BCUT2D eigenvalue weighted by atomic mass is 16.2. The lowest BCUT2D eigenvalue weighted by atomic mass is 9.56. The predicted octanol–water partition coefficient (Wildman–Crippen LogP) is 3.65. The third kappa shape index (κ3) is 3.97. The molecular formula is C20H33N3O. The summed E-state index contributed by atoms with van der Waals surface area (Å²) >= 11 is 0. The third-order valence-electron chi connectivity index (χ3n) is 6.02. The average Bonchev–Trinajstić information content (AvgIpc) is 2.53. The second-order valence-electron chi connectivity index (χ2n) is 8.16. The summed E-state index contributed by atoms with van der Waals surface area (Å²) in [5, 5.41) is 4.17. The van der Waals surface area contributed by atoms with E-state index in [0.29, 0.717) is 5.92 Å². The minimum Gasteiger partial charge on any atom is -0.322 e. The quantitative estimate of drug-likeness (QED) is 0.755. The van der Waals surface area contributed by atoms with E-state index in [0.717, 1.165) is 29.9 Å². The van der Waals surface area contributed by atoms with Gasteiger partial charge in [-0.05, 0) is 55.1 Å². The zero-order valence-electron chi connectivity index (χ0n) is 15.8. The van der Waals surface area contributed by atoms with Crippen molar-refractivity contribution in [3.63, 3.8) is 0 Å². The normalized spacial score (nSPS) is 32.5. The van der Waals surface area contributed by atoms with E-state index in [4.69, 9.17) is 5.73 Å². The fraction of sp³-hybridized carbons (Fsp3) is 0.700. The summed E-state index contributed by atoms with van der Waals surface area (Å²) in [6.45, 7) is 11.8. The Morgan fingerprint density at radius 2 is 2.17 bits per heavy atom. The minimum absolute atomic E-state index is 0.0404. The summed E-state index contributed by atoms with van der Waals surface area (Å²) in [7, 11) is 0. The number of amides is 1. The van der Waals surface area contributed by atoms with Gasteiger partial charge in [-0.3, -0.25) is 4.79 Å². The number of hydrogen-bond donors (Lipinski definition) is 2. The molecule has 24 heavy (non-hydrogen) atoms. The number of rotatable bonds is 5. The van der Waals surface area contributed by atoms with Crippen LogP contribution in [-0.2, 0) is 4.79 Å². The lowest BCUT2D eigenvalue weighted by molar-refractivity contribution is -0.119. The molecule has 4 nitrogen and oxygen atoms in total. The van der Waals surface area contributed by atoms with Gasteiger partial charge in [-0.15, -0.1) is 0 Å². The van der Waals surface area contributed by atoms with Gasteiger partial charge in [0, 0.05) is 5.41 Å². The zero-order valence-corrected chi connectivity index (χ0v) is 15.8. The molecule has 1 fully saturated rings. The maximum Gasteiger partial charge on any atom is 0.253 e. The molecule has 1 amide bonds. The molecule has 1 saturated carbocycles. The van der Waals surface area contributed by atoms with Crippen LogP contribution in [0.4, 0.5) is 0 Å². The van der Waals surface area contributed by atoms with E-state index in [9.17, 15) is 4.79 Å². The number of carbonyl (C=O) groups is 1. The Morgan fingerprint density at radius 3 is 2.79 bits per heavy atom. The highest BCUT2D eigenvalue weighted by Gasteiger charge is 2.43. The fourth-order valence-electron chi connectivity index (χ4n) is 4.49. The number of hydrogen-bond acceptors (Lipinski definition) is 3. The van der Waals surface area contributed by atoms with Gasteiger partial charge in [-0.1, -0.05) is 46.3 Å². The summed E-state index contributed by atoms with van der Waals surface area (Å²) < 4.78 is 0. The van der Waals surface area contributed by atoms with E-state index < -0.39 is 0 Å². The Morgan fingerprint density at radius 1 is 1.46 bits per heavy atom. The van der Waals surface area contributed by atoms with Gasteiger partial charge >= 0.3 is 0 Å². The summed E-state index contributed by atoms with van der Waals surface area (Å²) in [5.41, 5.74) is 10.1. The number of nitrogens with zero attached hydrogens (tertiary/aromatic N) is 1. The maximum atomic E-state index is 11.3. The molecule has 2 aliphatic rings. The summed E-state index contributed by atoms with van der Waals surface area (Å²) in [5.74, 6) is 2.62. The number of allylic oxidation sites excluding steroid dienone is 4. The van der Waals surface area contributed by atoms with Gasteiger partial charge < -0.3 is 5.73 Å². The first-order valence-electron chi connectivity index (χ1n) is 9.24. The van der Waals surface area contributed by atoms with Gasteiger partial charge in [0.2, 0.25) is 0 Å². The molecule has 0 saturated heterocycles. The van der Waals surface area contributed by atoms with Crippen LogP contribution in [0.5, 0.6) is 0 Å². The molecule has 134 valence electrons. The first kappa shape index (κ1) is 18.9. The molecule has 0 heterocycles. The first-order chi connectivity index (χ1) is 11.3. The number of carbonyl (C=O) groups excluding carboxylic acids is 1. The molecule has 2 aliphatic carbocycles. The third-order valence-corrected chi connectivity index (χ3v) is 6.02. The Labute approximate surface area is 146 Å². The Kier molecular flexibility index (Phi) is 6.02. The summed E-state index contributed by atoms with van der Waals surface area (Å²) in [6.07, 6.45) is 10.1. The highest BCUT2D eigenvalue weighted by Crippen LogP contribution is 2.52. The van der Waals surface area contributed by atoms with Crippen LogP contribution in [0, 0.1) is 29.1 Å². The Hall–Kier alpha value is -1.42. The van der Waals surface area contributed by atoms with Crippen LogP contribution in [0.15, 0.2) is 28.9 Å². The van der Waals surface area contributed by atoms with Crippen molar-refractivity contribution in [1.29, 1.82) is 0 Å². The molecule has 0 aromatic rings. The molecule has 2 unspecified atom stereocenters. The number of fused-ring (bicyclic) bond motifs is 1. The van der Waals surface area contributed by atoms with Gasteiger partial charge in [0.05, 0.1) is 12.3 Å². The van der Waals surface area contributed by atoms with Gasteiger partial charge in [-0.2, -0.15) is 5.10 Å². The molecule has 3 N–H and O–H groups in total. The predicted molar refractivity (Wildman–Crippen MR) is 100 cm³/mol. The molecule has 0 bridgehead atoms. The van der Waals surface area contributed by atoms with Crippen LogP contribution in [0.2, 0.25) is 0 Å². The molecule has 4 heteroatoms. The highest BCUT2D eigenvalue weighted by molar-refractivity contribution is 6.06. The SMILES string of the molecule is CC(C)CC(C)[C@@H]1CCC2=C/C(=N/NC(=O)CN)C=C[C@]2(C)C1C. The molecular weight excluding hydrogens is 298 g/mol. The van der Waals surface area contributed by atoms with E-state index in [1.165, 1.54) is 18.4 Å². The summed E-state index contributed by atoms with van der Waals surface area (Å²) in [4.78, 5) is 11.3. The van der Waals surface area contributed by atoms with Crippen molar-refractivity contribution < 1.29 is 4.79 Å². The lowest BCUT2D eigenvalue weighted by Gasteiger charge is -2.48. The van der Waals surface area contributed by atoms with Crippen LogP contribution in [0.3, 0.4) is 0 Å². The van der Waals surface area contributed by atoms with Gasteiger partial charge in [0.1, 0.15) is 0 Å². The lowest BCUT2D eigenvalue weighted by Crippen LogP contribution is -2.40. The molecule has 0 spiro atoms. The van der Waals surface area contributed by atoms with E-state index >= 15 is 0 Å². The van der Waals surface area contributed by atoms with Crippen molar-refractivity contribution >= 4 is 11.6 Å². The van der Waals surface area contributed by atoms with E-state index in [-0.39, 0.29) is 17.9 Å². The van der Waals surface area contributed by atoms with Crippen molar-refractivity contribution in [3.05, 3.63) is 23.8 Å². The monoisotopic (exact) mass is 331 g/mol. The molecule has 0 radical (unpaired) electrons. The van der Waals surface area contributed by atoms with E-state index in [1.54, 1.807) is 0 Å². The number of nitrogens with two attached hydrogens (primary N) is 1. The van der Waals surface area contributed by atoms with Crippen LogP contribution in [0.25, 0.3) is 0 Å². The average molecular weight is 332 g/mol. The van der Waals surface area contributed by atoms with Crippen molar-refractivity contribution in [2.75, 3.05) is 6.54 Å². The van der Waals surface area contributed by atoms with E-state index in [1.807, 2.05) is 6.08 Å². The van der Waals surface area contributed by atoms with Gasteiger partial charge in [0.15, 0.2) is 0 Å². The topological polar surface area (TPSA) is 67.5 Å². The minimum atomic E-state index is -0.262. The van der Waals surface area contributed by atoms with Crippen LogP contribution >= 0.6 is 0 Å². The largest absolute Gasteiger partial charge is 0.322 e. The zero-order chi connectivity index (χ0) is 17.9. The van der Waals surface area contributed by atoms with Gasteiger partial charge in [0.25, 0.3) is 5.91 Å². The standard InChI is InChI=1S/C20H33N3O/c1-13(2)10-14(3)18-7-6-16-11-17(22-23-19(24)12-21)8-9-20(16,5)15(18)4/h8-9,11,13-15,18H,6-7,10,12,21H2,1-5H3,(H,23,24)/b22-17+/t14?,15?,18-,20+/m0/s1. The Balaban J connectivity index is 2.15. The molecule has 0 aromatic heterocycles. The van der Waals surface area contributed by atoms with Gasteiger partial charge in [-0.25, -0.2) is 5.43 Å². The maximum absolute atomic E-state index is 11.3. The summed E-state index contributed by atoms with van der Waals surface area (Å²) in [6, 6.07) is 0. The molecule has 0 aliphatic heterocycles. The number of hydrazone groups is 1. The van der Waals surface area contributed by atoms with Crippen LogP contribution in [-0.4, -0.2) is 18.2 Å². The smallest absolute Gasteiger partial charge is 0.253 e. The van der Waals surface area contributed by atoms with Crippen LogP contribution in [0.1, 0.15) is 53.9 Å². The fourth-order valence-corrected chi connectivity index (χ4v) is 4.49. The molecule has 4 atom stereocenters. The number of nitrogens with one attached hydrogen (secondary N) is 1. The Bertz CT molecular complexity index is 561. The van der Waals surface area contributed by atoms with Crippen molar-refractivity contribution in [3.8, 4) is 0 Å². The second kappa shape index (κ2) is 7.64. The van der Waals surface area contributed by atoms with E-state index in [2.05, 4.69) is 57.3 Å². The second-order valence-corrected chi connectivity index (χ2v) is 8.16. The first-order valence-corrected chi connectivity index (χ1v) is 9.24. The molecule has 0 aromatic carbocycles. The van der Waals surface area contributed by atoms with Crippen LogP contribution < -0.4 is 11.2 Å².